The number of sulfone groups is 1. The molecule has 0 saturated heterocycles. The van der Waals surface area contributed by atoms with E-state index in [-0.39, 0.29) is 0 Å². The summed E-state index contributed by atoms with van der Waals surface area (Å²) in [5, 5.41) is -0.203. The Balaban J connectivity index is 2.37. The first-order chi connectivity index (χ1) is 9.82. The fourth-order valence-electron chi connectivity index (χ4n) is 2.20. The van der Waals surface area contributed by atoms with Gasteiger partial charge in [0.05, 0.1) is 10.5 Å². The van der Waals surface area contributed by atoms with Gasteiger partial charge in [0.2, 0.25) is 0 Å². The van der Waals surface area contributed by atoms with Crippen molar-refractivity contribution in [1.82, 2.24) is 0 Å². The van der Waals surface area contributed by atoms with E-state index < -0.39 is 20.3 Å². The van der Waals surface area contributed by atoms with Crippen LogP contribution < -0.4 is 0 Å². The van der Waals surface area contributed by atoms with Crippen LogP contribution in [0.2, 0.25) is 10.0 Å². The maximum atomic E-state index is 12.8. The molecule has 2 aromatic carbocycles. The minimum atomic E-state index is -3.40. The molecular formula is C16H16Cl2O2S. The Morgan fingerprint density at radius 2 is 1.19 bits per heavy atom. The highest BCUT2D eigenvalue weighted by Crippen LogP contribution is 2.35. The molecule has 0 heterocycles. The van der Waals surface area contributed by atoms with Crippen LogP contribution in [0.25, 0.3) is 0 Å². The van der Waals surface area contributed by atoms with Gasteiger partial charge in [-0.15, -0.1) is 0 Å². The minimum Gasteiger partial charge on any atom is -0.228 e. The normalized spacial score (nSPS) is 14.7. The molecule has 0 aliphatic heterocycles. The third-order valence-electron chi connectivity index (χ3n) is 3.62. The lowest BCUT2D eigenvalue weighted by atomic mass is 10.2. The van der Waals surface area contributed by atoms with Crippen LogP contribution in [0.5, 0.6) is 0 Å². The molecule has 112 valence electrons. The highest BCUT2D eigenvalue weighted by Gasteiger charge is 2.30. The van der Waals surface area contributed by atoms with E-state index in [1.165, 1.54) is 0 Å². The Morgan fingerprint density at radius 1 is 0.810 bits per heavy atom. The molecule has 0 fully saturated rings. The van der Waals surface area contributed by atoms with Gasteiger partial charge in [0.25, 0.3) is 0 Å². The maximum absolute atomic E-state index is 12.8. The topological polar surface area (TPSA) is 34.1 Å². The molecule has 0 aliphatic carbocycles. The standard InChI is InChI=1S/C16H16Cl2O2S/c1-11(13-5-3-7-15(17)9-13)21(19,20)12(2)14-6-4-8-16(18)10-14/h3-12H,1-2H3. The van der Waals surface area contributed by atoms with Crippen molar-refractivity contribution < 1.29 is 8.42 Å². The van der Waals surface area contributed by atoms with Crippen LogP contribution >= 0.6 is 23.2 Å². The average molecular weight is 343 g/mol. The van der Waals surface area contributed by atoms with Gasteiger partial charge in [-0.05, 0) is 49.2 Å². The number of hydrogen-bond acceptors (Lipinski definition) is 2. The third kappa shape index (κ3) is 3.60. The van der Waals surface area contributed by atoms with Gasteiger partial charge in [0.1, 0.15) is 0 Å². The zero-order chi connectivity index (χ0) is 15.6. The lowest BCUT2D eigenvalue weighted by molar-refractivity contribution is 0.576. The highest BCUT2D eigenvalue weighted by molar-refractivity contribution is 7.91. The fourth-order valence-corrected chi connectivity index (χ4v) is 4.27. The molecular weight excluding hydrogens is 327 g/mol. The van der Waals surface area contributed by atoms with Gasteiger partial charge >= 0.3 is 0 Å². The first-order valence-electron chi connectivity index (χ1n) is 6.56. The predicted molar refractivity (Wildman–Crippen MR) is 88.7 cm³/mol. The molecule has 2 atom stereocenters. The molecule has 2 unspecified atom stereocenters. The second-order valence-electron chi connectivity index (χ2n) is 4.98. The molecule has 0 N–H and O–H groups in total. The molecule has 0 amide bonds. The van der Waals surface area contributed by atoms with Crippen LogP contribution in [0.4, 0.5) is 0 Å². The van der Waals surface area contributed by atoms with Gasteiger partial charge in [-0.3, -0.25) is 0 Å². The summed E-state index contributed by atoms with van der Waals surface area (Å²) in [6.07, 6.45) is 0. The molecule has 0 bridgehead atoms. The number of rotatable bonds is 4. The molecule has 0 aliphatic rings. The maximum Gasteiger partial charge on any atom is 0.163 e. The second-order valence-corrected chi connectivity index (χ2v) is 8.45. The molecule has 21 heavy (non-hydrogen) atoms. The summed E-state index contributed by atoms with van der Waals surface area (Å²) in [6, 6.07) is 13.9. The molecule has 0 radical (unpaired) electrons. The van der Waals surface area contributed by atoms with Crippen molar-refractivity contribution in [2.24, 2.45) is 0 Å². The van der Waals surface area contributed by atoms with Crippen molar-refractivity contribution in [3.8, 4) is 0 Å². The molecule has 2 aromatic rings. The fraction of sp³-hybridized carbons (Fsp3) is 0.250. The molecule has 0 spiro atoms. The highest BCUT2D eigenvalue weighted by atomic mass is 35.5. The first-order valence-corrected chi connectivity index (χ1v) is 8.92. The zero-order valence-electron chi connectivity index (χ0n) is 11.8. The van der Waals surface area contributed by atoms with Gasteiger partial charge in [-0.25, -0.2) is 8.42 Å². The molecule has 5 heteroatoms. The van der Waals surface area contributed by atoms with E-state index in [0.29, 0.717) is 21.2 Å². The van der Waals surface area contributed by atoms with Gasteiger partial charge in [0.15, 0.2) is 9.84 Å². The summed E-state index contributed by atoms with van der Waals surface area (Å²) in [5.74, 6) is 0. The SMILES string of the molecule is CC(c1cccc(Cl)c1)S(=O)(=O)C(C)c1cccc(Cl)c1. The smallest absolute Gasteiger partial charge is 0.163 e. The van der Waals surface area contributed by atoms with Crippen LogP contribution in [0.1, 0.15) is 35.5 Å². The van der Waals surface area contributed by atoms with Crippen LogP contribution in [0.15, 0.2) is 48.5 Å². The lowest BCUT2D eigenvalue weighted by Crippen LogP contribution is -2.17. The van der Waals surface area contributed by atoms with Crippen molar-refractivity contribution in [3.05, 3.63) is 69.7 Å². The third-order valence-corrected chi connectivity index (χ3v) is 6.61. The van der Waals surface area contributed by atoms with Crippen molar-refractivity contribution >= 4 is 33.0 Å². The number of benzene rings is 2. The second kappa shape index (κ2) is 6.39. The first kappa shape index (κ1) is 16.3. The van der Waals surface area contributed by atoms with Crippen LogP contribution in [0, 0.1) is 0 Å². The molecule has 0 aromatic heterocycles. The average Bonchev–Trinajstić information content (AvgIpc) is 2.45. The molecule has 2 nitrogen and oxygen atoms in total. The Hall–Kier alpha value is -1.03. The Labute approximate surface area is 135 Å². The lowest BCUT2D eigenvalue weighted by Gasteiger charge is -2.20. The predicted octanol–water partition coefficient (Wildman–Crippen LogP) is 5.23. The monoisotopic (exact) mass is 342 g/mol. The van der Waals surface area contributed by atoms with Gasteiger partial charge in [-0.1, -0.05) is 47.5 Å². The largest absolute Gasteiger partial charge is 0.228 e. The van der Waals surface area contributed by atoms with E-state index in [1.807, 2.05) is 0 Å². The van der Waals surface area contributed by atoms with Crippen LogP contribution in [0.3, 0.4) is 0 Å². The van der Waals surface area contributed by atoms with Crippen LogP contribution in [-0.2, 0) is 9.84 Å². The Kier molecular flexibility index (Phi) is 4.97. The van der Waals surface area contributed by atoms with Crippen molar-refractivity contribution in [3.63, 3.8) is 0 Å². The number of halogens is 2. The zero-order valence-corrected chi connectivity index (χ0v) is 14.1. The number of hydrogen-bond donors (Lipinski definition) is 0. The summed E-state index contributed by atoms with van der Waals surface area (Å²) >= 11 is 11.9. The van der Waals surface area contributed by atoms with E-state index in [9.17, 15) is 8.42 Å². The summed E-state index contributed by atoms with van der Waals surface area (Å²) in [7, 11) is -3.40. The quantitative estimate of drug-likeness (QED) is 0.762. The summed E-state index contributed by atoms with van der Waals surface area (Å²) in [5.41, 5.74) is 1.38. The Morgan fingerprint density at radius 3 is 1.52 bits per heavy atom. The van der Waals surface area contributed by atoms with Gasteiger partial charge in [0, 0.05) is 10.0 Å². The van der Waals surface area contributed by atoms with Crippen molar-refractivity contribution in [2.75, 3.05) is 0 Å². The van der Waals surface area contributed by atoms with Crippen molar-refractivity contribution in [1.29, 1.82) is 0 Å². The van der Waals surface area contributed by atoms with Crippen LogP contribution in [-0.4, -0.2) is 8.42 Å². The van der Waals surface area contributed by atoms with E-state index in [0.717, 1.165) is 0 Å². The summed E-state index contributed by atoms with van der Waals surface area (Å²) in [6.45, 7) is 3.37. The minimum absolute atomic E-state index is 0.532. The molecule has 0 saturated carbocycles. The van der Waals surface area contributed by atoms with Crippen molar-refractivity contribution in [2.45, 2.75) is 24.3 Å². The van der Waals surface area contributed by atoms with E-state index in [1.54, 1.807) is 62.4 Å². The molecule has 2 rings (SSSR count). The van der Waals surface area contributed by atoms with Gasteiger partial charge in [-0.2, -0.15) is 0 Å². The van der Waals surface area contributed by atoms with E-state index in [2.05, 4.69) is 0 Å². The van der Waals surface area contributed by atoms with E-state index in [4.69, 9.17) is 23.2 Å². The van der Waals surface area contributed by atoms with E-state index >= 15 is 0 Å². The summed E-state index contributed by atoms with van der Waals surface area (Å²) < 4.78 is 25.5. The Bertz CT molecular complexity index is 684. The van der Waals surface area contributed by atoms with Gasteiger partial charge < -0.3 is 0 Å². The summed E-state index contributed by atoms with van der Waals surface area (Å²) in [4.78, 5) is 0.